The van der Waals surface area contributed by atoms with E-state index in [0.29, 0.717) is 201 Å². The number of unbranched alkanes of at least 4 members (excludes halogenated alkanes) is 3. The quantitative estimate of drug-likeness (QED) is 0.0260. The molecule has 0 heterocycles. The van der Waals surface area contributed by atoms with Crippen molar-refractivity contribution in [1.29, 1.82) is 0 Å². The SMILES string of the molecule is CC.CC.CC.CC.CCC(=O)C1C2CCC#CCCC21.CCC(=O)C1C2CCC#CCCC21.CCC1C2CCC#CCCC12.CCC1C2CCC#CCCC12.CCCC(=O)C1C2CCC#CCCC21.CCCC(=O)C1C2CCC#CCCC21.CCNC(=O)CCCCC(=O)NCC1C2CCC#CCCC21.CCNC(=O)CCCCC(=O)NCC1C2CCC#CCCC21.CCOC(=O)CCCCC(=O)OCC1C2CCC#CCCC21. The molecular weight excluding hydrogens is 1860 g/mol. The van der Waals surface area contributed by atoms with E-state index in [0.717, 1.165) is 316 Å². The average Bonchev–Trinajstić information content (AvgIpc) is 1.61. The van der Waals surface area contributed by atoms with Crippen LogP contribution in [0.1, 0.15) is 477 Å². The van der Waals surface area contributed by atoms with E-state index in [2.05, 4.69) is 156 Å². The fourth-order valence-electron chi connectivity index (χ4n) is 26.4. The minimum Gasteiger partial charge on any atom is -0.466 e. The summed E-state index contributed by atoms with van der Waals surface area (Å²) >= 11 is 0. The van der Waals surface area contributed by atoms with Gasteiger partial charge in [0.2, 0.25) is 23.6 Å². The summed E-state index contributed by atoms with van der Waals surface area (Å²) < 4.78 is 10.2. The molecule has 16 heteroatoms. The van der Waals surface area contributed by atoms with Gasteiger partial charge in [0.05, 0.1) is 13.2 Å². The van der Waals surface area contributed by atoms with Crippen LogP contribution in [0.4, 0.5) is 0 Å². The predicted octanol–water partition coefficient (Wildman–Crippen LogP) is 27.7. The fraction of sp³-hybridized carbons (Fsp3) is 0.791. The lowest BCUT2D eigenvalue weighted by Gasteiger charge is -2.05. The van der Waals surface area contributed by atoms with Gasteiger partial charge in [-0.15, -0.1) is 107 Å². The molecule has 0 aromatic carbocycles. The summed E-state index contributed by atoms with van der Waals surface area (Å²) in [6.45, 7) is 38.4. The van der Waals surface area contributed by atoms with E-state index in [1.165, 1.54) is 64.2 Å². The molecule has 18 rings (SSSR count). The molecule has 4 amide bonds. The molecule has 4 N–H and O–H groups in total. The molecule has 0 saturated heterocycles. The van der Waals surface area contributed by atoms with Crippen LogP contribution in [0, 0.1) is 266 Å². The summed E-state index contributed by atoms with van der Waals surface area (Å²) in [5.74, 6) is 79.7. The van der Waals surface area contributed by atoms with Crippen LogP contribution in [0.3, 0.4) is 0 Å². The van der Waals surface area contributed by atoms with E-state index >= 15 is 0 Å². The lowest BCUT2D eigenvalue weighted by Crippen LogP contribution is -2.26. The Kier molecular flexibility index (Phi) is 66.8. The van der Waals surface area contributed by atoms with E-state index in [4.69, 9.17) is 9.47 Å². The third kappa shape index (κ3) is 47.5. The number of nitrogens with one attached hydrogen (secondary N) is 4. The van der Waals surface area contributed by atoms with Crippen LogP contribution in [-0.2, 0) is 57.4 Å². The topological polar surface area (TPSA) is 237 Å². The minimum absolute atomic E-state index is 0.0827. The number of ketones is 4. The minimum atomic E-state index is -0.188. The third-order valence-electron chi connectivity index (χ3n) is 34.7. The number of esters is 2. The standard InChI is InChI=1S/2C18H28N2O2.C18H26O4.2C13H18O.2C12H16O.2C11H16.4C2H6/c2*1-2-19-17(21)11-7-8-12-18(22)20-13-16-14-9-5-3-4-6-10-15(14)16;1-2-21-17(19)11-7-8-12-18(20)22-13-16-14-9-5-3-4-6-10-15(14)16;2*1-2-7-12(14)13-10-8-5-3-4-6-9-11(10)13;2*1-2-11(13)12-9-7-5-3-4-6-8-10(9)12;2*1-2-9-10-7-5-3-4-6-8-11(9)10;4*1-2/h2*14-16H,2,5-13H2,1H3,(H,19,21)(H,20,22);14-16H,2,5-13H2,1H3;2*10-11,13H,2,5-9H2,1H3;2*9-10,12H,2,5-8H2,1H3;2*9-11H,2,5-8H2,1H3;4*1-2H3. The van der Waals surface area contributed by atoms with Crippen LogP contribution in [0.15, 0.2) is 0 Å². The highest BCUT2D eigenvalue weighted by Gasteiger charge is 2.57. The largest absolute Gasteiger partial charge is 0.466 e. The maximum absolute atomic E-state index is 11.9. The van der Waals surface area contributed by atoms with Crippen molar-refractivity contribution in [1.82, 2.24) is 21.3 Å². The van der Waals surface area contributed by atoms with Crippen LogP contribution in [0.2, 0.25) is 0 Å². The summed E-state index contributed by atoms with van der Waals surface area (Å²) in [5.41, 5.74) is 0. The van der Waals surface area contributed by atoms with Crippen molar-refractivity contribution >= 4 is 58.7 Å². The van der Waals surface area contributed by atoms with Gasteiger partial charge < -0.3 is 30.7 Å². The first-order valence-electron chi connectivity index (χ1n) is 62.0. The van der Waals surface area contributed by atoms with E-state index in [-0.39, 0.29) is 35.6 Å². The Hall–Kier alpha value is -8.46. The molecule has 0 aliphatic heterocycles. The second-order valence-corrected chi connectivity index (χ2v) is 43.8. The summed E-state index contributed by atoms with van der Waals surface area (Å²) in [6, 6.07) is 0. The molecule has 16 nitrogen and oxygen atoms in total. The summed E-state index contributed by atoms with van der Waals surface area (Å²) in [6.07, 6.45) is 55.9. The monoisotopic (exact) mass is 2060 g/mol. The van der Waals surface area contributed by atoms with Crippen LogP contribution in [0.5, 0.6) is 0 Å². The number of hydrogen-bond donors (Lipinski definition) is 4. The van der Waals surface area contributed by atoms with Gasteiger partial charge in [-0.2, -0.15) is 0 Å². The Morgan fingerprint density at radius 2 is 0.400 bits per heavy atom. The Morgan fingerprint density at radius 1 is 0.213 bits per heavy atom. The van der Waals surface area contributed by atoms with E-state index in [1.54, 1.807) is 6.92 Å². The molecule has 18 aliphatic carbocycles. The van der Waals surface area contributed by atoms with Crippen molar-refractivity contribution in [2.45, 2.75) is 477 Å². The number of rotatable bonds is 36. The molecule has 9 fully saturated rings. The molecule has 18 aliphatic rings. The second kappa shape index (κ2) is 77.0. The second-order valence-electron chi connectivity index (χ2n) is 43.8. The van der Waals surface area contributed by atoms with Crippen LogP contribution < -0.4 is 21.3 Å². The molecule has 150 heavy (non-hydrogen) atoms. The highest BCUT2D eigenvalue weighted by Crippen LogP contribution is 2.60. The Morgan fingerprint density at radius 3 is 0.600 bits per heavy atom. The Labute approximate surface area is 914 Å². The summed E-state index contributed by atoms with van der Waals surface area (Å²) in [4.78, 5) is 116. The van der Waals surface area contributed by atoms with Gasteiger partial charge in [-0.1, -0.05) is 110 Å². The molecule has 0 aromatic heterocycles. The van der Waals surface area contributed by atoms with Crippen molar-refractivity contribution in [2.24, 2.45) is 160 Å². The van der Waals surface area contributed by atoms with E-state index in [1.807, 2.05) is 83.1 Å². The zero-order chi connectivity index (χ0) is 109. The molecule has 18 unspecified atom stereocenters. The number of fused-ring (bicyclic) bond motifs is 9. The van der Waals surface area contributed by atoms with E-state index in [9.17, 15) is 47.9 Å². The molecule has 0 bridgehead atoms. The maximum atomic E-state index is 11.9. The van der Waals surface area contributed by atoms with Gasteiger partial charge in [0.1, 0.15) is 23.1 Å². The van der Waals surface area contributed by atoms with Gasteiger partial charge in [0, 0.05) is 230 Å². The predicted molar refractivity (Wildman–Crippen MR) is 613 cm³/mol. The van der Waals surface area contributed by atoms with Gasteiger partial charge in [-0.05, 0) is 324 Å². The van der Waals surface area contributed by atoms with Crippen molar-refractivity contribution in [3.63, 3.8) is 0 Å². The first kappa shape index (κ1) is 130. The van der Waals surface area contributed by atoms with Crippen LogP contribution >= 0.6 is 0 Å². The van der Waals surface area contributed by atoms with Gasteiger partial charge >= 0.3 is 11.9 Å². The molecular formula is C134H206N4O12. The number of amides is 4. The highest BCUT2D eigenvalue weighted by molar-refractivity contribution is 5.86. The van der Waals surface area contributed by atoms with Crippen LogP contribution in [0.25, 0.3) is 0 Å². The maximum Gasteiger partial charge on any atom is 0.305 e. The molecule has 9 saturated carbocycles. The zero-order valence-electron chi connectivity index (χ0n) is 97.3. The van der Waals surface area contributed by atoms with E-state index < -0.39 is 0 Å². The first-order chi connectivity index (χ1) is 73.4. The number of ether oxygens (including phenoxy) is 2. The Balaban J connectivity index is 0.000000258. The van der Waals surface area contributed by atoms with Crippen molar-refractivity contribution < 1.29 is 57.4 Å². The van der Waals surface area contributed by atoms with Crippen molar-refractivity contribution in [2.75, 3.05) is 39.4 Å². The fourth-order valence-corrected chi connectivity index (χ4v) is 26.4. The molecule has 0 radical (unpaired) electrons. The molecule has 0 spiro atoms. The first-order valence-corrected chi connectivity index (χ1v) is 62.0. The normalized spacial score (nSPS) is 30.2. The lowest BCUT2D eigenvalue weighted by atomic mass is 10.1. The Bertz CT molecular complexity index is 4140. The number of carbonyl (C=O) groups is 10. The van der Waals surface area contributed by atoms with Crippen molar-refractivity contribution in [3.8, 4) is 107 Å². The number of Topliss-reactive ketones (excluding diaryl/α,β-unsaturated/α-hetero) is 4. The van der Waals surface area contributed by atoms with Gasteiger partial charge in [0.25, 0.3) is 0 Å². The molecule has 834 valence electrons. The van der Waals surface area contributed by atoms with Crippen molar-refractivity contribution in [3.05, 3.63) is 0 Å². The zero-order valence-corrected chi connectivity index (χ0v) is 97.3. The van der Waals surface area contributed by atoms with Gasteiger partial charge in [-0.3, -0.25) is 47.9 Å². The summed E-state index contributed by atoms with van der Waals surface area (Å²) in [7, 11) is 0. The smallest absolute Gasteiger partial charge is 0.305 e. The van der Waals surface area contributed by atoms with Crippen LogP contribution in [-0.4, -0.2) is 98.1 Å². The number of carbonyl (C=O) groups excluding carboxylic acids is 10. The van der Waals surface area contributed by atoms with Gasteiger partial charge in [-0.25, -0.2) is 0 Å². The third-order valence-corrected chi connectivity index (χ3v) is 34.7. The average molecular weight is 2070 g/mol. The molecule has 18 atom stereocenters. The van der Waals surface area contributed by atoms with Gasteiger partial charge in [0.15, 0.2) is 0 Å². The summed E-state index contributed by atoms with van der Waals surface area (Å²) in [5, 5.41) is 11.7. The lowest BCUT2D eigenvalue weighted by molar-refractivity contribution is -0.146. The number of hydrogen-bond acceptors (Lipinski definition) is 12. The highest BCUT2D eigenvalue weighted by atomic mass is 16.5. The molecule has 0 aromatic rings.